The van der Waals surface area contributed by atoms with Gasteiger partial charge in [0.2, 0.25) is 5.91 Å². The first-order valence-corrected chi connectivity index (χ1v) is 7.51. The van der Waals surface area contributed by atoms with Crippen LogP contribution in [0.2, 0.25) is 0 Å². The second-order valence-corrected chi connectivity index (χ2v) is 6.14. The zero-order chi connectivity index (χ0) is 15.7. The molecule has 1 aromatic carbocycles. The number of aromatic nitrogens is 1. The molecule has 0 unspecified atom stereocenters. The molecule has 114 valence electrons. The SMILES string of the molecule is O=C(NNC(=O)C1(c2ccc(F)cc2)CC1)c1cc(Br)c[nH]1. The zero-order valence-electron chi connectivity index (χ0n) is 11.5. The van der Waals surface area contributed by atoms with Crippen molar-refractivity contribution in [2.75, 3.05) is 0 Å². The fourth-order valence-electron chi connectivity index (χ4n) is 2.34. The van der Waals surface area contributed by atoms with Crippen LogP contribution in [0.3, 0.4) is 0 Å². The molecule has 0 aliphatic heterocycles. The van der Waals surface area contributed by atoms with E-state index in [9.17, 15) is 14.0 Å². The number of H-pyrrole nitrogens is 1. The first kappa shape index (κ1) is 14.8. The van der Waals surface area contributed by atoms with E-state index in [1.807, 2.05) is 0 Å². The summed E-state index contributed by atoms with van der Waals surface area (Å²) in [7, 11) is 0. The van der Waals surface area contributed by atoms with Gasteiger partial charge in [0.25, 0.3) is 5.91 Å². The van der Waals surface area contributed by atoms with Gasteiger partial charge < -0.3 is 4.98 Å². The van der Waals surface area contributed by atoms with Crippen LogP contribution < -0.4 is 10.9 Å². The Balaban J connectivity index is 1.64. The minimum Gasteiger partial charge on any atom is -0.356 e. The summed E-state index contributed by atoms with van der Waals surface area (Å²) in [6, 6.07) is 7.47. The summed E-state index contributed by atoms with van der Waals surface area (Å²) in [5.41, 5.74) is 5.23. The quantitative estimate of drug-likeness (QED) is 0.730. The van der Waals surface area contributed by atoms with Crippen LogP contribution in [0.5, 0.6) is 0 Å². The second-order valence-electron chi connectivity index (χ2n) is 5.23. The Morgan fingerprint density at radius 3 is 2.41 bits per heavy atom. The number of benzene rings is 1. The van der Waals surface area contributed by atoms with Gasteiger partial charge in [-0.15, -0.1) is 0 Å². The minimum atomic E-state index is -0.669. The lowest BCUT2D eigenvalue weighted by Crippen LogP contribution is -2.46. The Kier molecular flexibility index (Phi) is 3.74. The fraction of sp³-hybridized carbons (Fsp3) is 0.200. The summed E-state index contributed by atoms with van der Waals surface area (Å²) in [6.45, 7) is 0. The van der Waals surface area contributed by atoms with E-state index in [4.69, 9.17) is 0 Å². The van der Waals surface area contributed by atoms with E-state index >= 15 is 0 Å². The summed E-state index contributed by atoms with van der Waals surface area (Å²) < 4.78 is 13.7. The topological polar surface area (TPSA) is 74.0 Å². The third-order valence-corrected chi connectivity index (χ3v) is 4.22. The highest BCUT2D eigenvalue weighted by Gasteiger charge is 2.51. The van der Waals surface area contributed by atoms with Crippen molar-refractivity contribution in [1.82, 2.24) is 15.8 Å². The van der Waals surface area contributed by atoms with E-state index in [1.54, 1.807) is 24.4 Å². The van der Waals surface area contributed by atoms with E-state index in [0.717, 1.165) is 10.0 Å². The van der Waals surface area contributed by atoms with Crippen molar-refractivity contribution in [2.45, 2.75) is 18.3 Å². The molecule has 1 aliphatic rings. The number of carbonyl (C=O) groups is 2. The Morgan fingerprint density at radius 2 is 1.86 bits per heavy atom. The lowest BCUT2D eigenvalue weighted by Gasteiger charge is -2.16. The Bertz CT molecular complexity index is 723. The van der Waals surface area contributed by atoms with Crippen LogP contribution in [0.4, 0.5) is 4.39 Å². The highest BCUT2D eigenvalue weighted by atomic mass is 79.9. The molecule has 2 aromatic rings. The van der Waals surface area contributed by atoms with Gasteiger partial charge in [0, 0.05) is 10.7 Å². The first-order chi connectivity index (χ1) is 10.5. The van der Waals surface area contributed by atoms with Crippen LogP contribution >= 0.6 is 15.9 Å². The number of hydrogen-bond acceptors (Lipinski definition) is 2. The number of amides is 2. The van der Waals surface area contributed by atoms with E-state index in [1.165, 1.54) is 12.1 Å². The molecule has 0 bridgehead atoms. The normalized spacial score (nSPS) is 15.2. The van der Waals surface area contributed by atoms with Crippen LogP contribution in [-0.2, 0) is 10.2 Å². The van der Waals surface area contributed by atoms with Crippen LogP contribution in [0.25, 0.3) is 0 Å². The Labute approximate surface area is 134 Å². The van der Waals surface area contributed by atoms with Crippen LogP contribution in [0.1, 0.15) is 28.9 Å². The summed E-state index contributed by atoms with van der Waals surface area (Å²) in [6.07, 6.45) is 2.97. The van der Waals surface area contributed by atoms with Gasteiger partial charge in [0.1, 0.15) is 11.5 Å². The van der Waals surface area contributed by atoms with Crippen molar-refractivity contribution < 1.29 is 14.0 Å². The van der Waals surface area contributed by atoms with Crippen molar-refractivity contribution in [3.05, 3.63) is 58.1 Å². The molecular formula is C15H13BrFN3O2. The summed E-state index contributed by atoms with van der Waals surface area (Å²) >= 11 is 3.23. The smallest absolute Gasteiger partial charge is 0.286 e. The molecular weight excluding hydrogens is 353 g/mol. The van der Waals surface area contributed by atoms with E-state index < -0.39 is 11.3 Å². The van der Waals surface area contributed by atoms with Crippen molar-refractivity contribution in [3.8, 4) is 0 Å². The number of rotatable bonds is 3. The molecule has 5 nitrogen and oxygen atoms in total. The third-order valence-electron chi connectivity index (χ3n) is 3.76. The molecule has 1 saturated carbocycles. The third kappa shape index (κ3) is 2.76. The maximum absolute atomic E-state index is 13.0. The van der Waals surface area contributed by atoms with E-state index in [-0.39, 0.29) is 11.7 Å². The average molecular weight is 366 g/mol. The molecule has 3 N–H and O–H groups in total. The zero-order valence-corrected chi connectivity index (χ0v) is 13.0. The second kappa shape index (κ2) is 5.57. The van der Waals surface area contributed by atoms with E-state index in [2.05, 4.69) is 31.8 Å². The lowest BCUT2D eigenvalue weighted by atomic mass is 9.95. The molecule has 1 heterocycles. The first-order valence-electron chi connectivity index (χ1n) is 6.72. The number of aromatic amines is 1. The monoisotopic (exact) mass is 365 g/mol. The molecule has 1 fully saturated rings. The van der Waals surface area contributed by atoms with Gasteiger partial charge in [-0.05, 0) is 52.5 Å². The standard InChI is InChI=1S/C15H13BrFN3O2/c16-10-7-12(18-8-10)13(21)19-20-14(22)15(5-6-15)9-1-3-11(17)4-2-9/h1-4,7-8,18H,5-6H2,(H,19,21)(H,20,22). The largest absolute Gasteiger partial charge is 0.356 e. The summed E-state index contributed by atoms with van der Waals surface area (Å²) in [5, 5.41) is 0. The van der Waals surface area contributed by atoms with Gasteiger partial charge >= 0.3 is 0 Å². The van der Waals surface area contributed by atoms with Crippen molar-refractivity contribution in [3.63, 3.8) is 0 Å². The van der Waals surface area contributed by atoms with Crippen molar-refractivity contribution in [1.29, 1.82) is 0 Å². The van der Waals surface area contributed by atoms with Gasteiger partial charge in [0.15, 0.2) is 0 Å². The molecule has 0 saturated heterocycles. The average Bonchev–Trinajstić information content (AvgIpc) is 3.21. The lowest BCUT2D eigenvalue weighted by molar-refractivity contribution is -0.124. The molecule has 0 radical (unpaired) electrons. The maximum Gasteiger partial charge on any atom is 0.286 e. The molecule has 7 heteroatoms. The predicted molar refractivity (Wildman–Crippen MR) is 81.4 cm³/mol. The van der Waals surface area contributed by atoms with Crippen molar-refractivity contribution in [2.24, 2.45) is 0 Å². The number of halogens is 2. The number of hydrazine groups is 1. The highest BCUT2D eigenvalue weighted by Crippen LogP contribution is 2.48. The number of nitrogens with one attached hydrogen (secondary N) is 3. The molecule has 1 aromatic heterocycles. The van der Waals surface area contributed by atoms with Gasteiger partial charge in [0.05, 0.1) is 5.41 Å². The maximum atomic E-state index is 13.0. The Hall–Kier alpha value is -2.15. The fourth-order valence-corrected chi connectivity index (χ4v) is 2.68. The molecule has 22 heavy (non-hydrogen) atoms. The van der Waals surface area contributed by atoms with Gasteiger partial charge in [-0.25, -0.2) is 4.39 Å². The molecule has 1 aliphatic carbocycles. The Morgan fingerprint density at radius 1 is 1.18 bits per heavy atom. The van der Waals surface area contributed by atoms with Crippen molar-refractivity contribution >= 4 is 27.7 Å². The molecule has 2 amide bonds. The molecule has 0 atom stereocenters. The number of hydrogen-bond donors (Lipinski definition) is 3. The molecule has 3 rings (SSSR count). The molecule has 0 spiro atoms. The minimum absolute atomic E-state index is 0.293. The van der Waals surface area contributed by atoms with E-state index in [0.29, 0.717) is 18.5 Å². The van der Waals surface area contributed by atoms with Gasteiger partial charge in [-0.1, -0.05) is 12.1 Å². The van der Waals surface area contributed by atoms with Gasteiger partial charge in [-0.3, -0.25) is 20.4 Å². The van der Waals surface area contributed by atoms with Crippen LogP contribution in [0, 0.1) is 5.82 Å². The van der Waals surface area contributed by atoms with Crippen LogP contribution in [0.15, 0.2) is 41.0 Å². The van der Waals surface area contributed by atoms with Gasteiger partial charge in [-0.2, -0.15) is 0 Å². The summed E-state index contributed by atoms with van der Waals surface area (Å²) in [4.78, 5) is 26.9. The summed E-state index contributed by atoms with van der Waals surface area (Å²) in [5.74, 6) is -1.07. The van der Waals surface area contributed by atoms with Crippen LogP contribution in [-0.4, -0.2) is 16.8 Å². The highest BCUT2D eigenvalue weighted by molar-refractivity contribution is 9.10. The number of carbonyl (C=O) groups excluding carboxylic acids is 2. The predicted octanol–water partition coefficient (Wildman–Crippen LogP) is 2.41.